The number of nitrogens with one attached hydrogen (secondary N) is 1. The van der Waals surface area contributed by atoms with Crippen molar-refractivity contribution in [1.82, 2.24) is 9.97 Å². The number of H-pyrrole nitrogens is 1. The summed E-state index contributed by atoms with van der Waals surface area (Å²) in [5.74, 6) is -0.793. The number of carbonyl (C=O) groups is 1. The second-order valence-corrected chi connectivity index (χ2v) is 3.21. The summed E-state index contributed by atoms with van der Waals surface area (Å²) in [6.45, 7) is 0. The minimum Gasteiger partial charge on any atom is -0.481 e. The Morgan fingerprint density at radius 2 is 2.33 bits per heavy atom. The van der Waals surface area contributed by atoms with Crippen molar-refractivity contribution in [2.24, 2.45) is 0 Å². The number of para-hydroxylation sites is 1. The van der Waals surface area contributed by atoms with E-state index in [1.165, 1.54) is 6.07 Å². The molecule has 1 heterocycles. The highest BCUT2D eigenvalue weighted by atomic mass is 19.1. The molecular weight excluding hydrogens is 199 g/mol. The minimum absolute atomic E-state index is 0.0125. The Bertz CT molecular complexity index is 507. The molecule has 0 aliphatic rings. The van der Waals surface area contributed by atoms with Crippen LogP contribution in [0.1, 0.15) is 12.2 Å². The van der Waals surface area contributed by atoms with Crippen LogP contribution in [0, 0.1) is 5.82 Å². The standard InChI is InChI=1S/C10H9FN2O2/c11-6-2-1-3-7-10(6)13-8(12-7)4-5-9(14)15/h1-3H,4-5H2,(H,12,13)(H,14,15). The van der Waals surface area contributed by atoms with Crippen molar-refractivity contribution in [3.63, 3.8) is 0 Å². The van der Waals surface area contributed by atoms with Gasteiger partial charge in [0.15, 0.2) is 5.82 Å². The van der Waals surface area contributed by atoms with Gasteiger partial charge in [-0.15, -0.1) is 0 Å². The first-order chi connectivity index (χ1) is 7.16. The number of aryl methyl sites for hydroxylation is 1. The van der Waals surface area contributed by atoms with Crippen molar-refractivity contribution in [1.29, 1.82) is 0 Å². The molecule has 5 heteroatoms. The average molecular weight is 208 g/mol. The monoisotopic (exact) mass is 208 g/mol. The molecule has 0 spiro atoms. The van der Waals surface area contributed by atoms with Crippen molar-refractivity contribution in [2.45, 2.75) is 12.8 Å². The Kier molecular flexibility index (Phi) is 2.37. The van der Waals surface area contributed by atoms with Gasteiger partial charge in [0.25, 0.3) is 0 Å². The quantitative estimate of drug-likeness (QED) is 0.807. The summed E-state index contributed by atoms with van der Waals surface area (Å²) in [6, 6.07) is 4.61. The first kappa shape index (κ1) is 9.64. The van der Waals surface area contributed by atoms with E-state index < -0.39 is 11.8 Å². The fraction of sp³-hybridized carbons (Fsp3) is 0.200. The van der Waals surface area contributed by atoms with Gasteiger partial charge in [0, 0.05) is 6.42 Å². The lowest BCUT2D eigenvalue weighted by Crippen LogP contribution is -1.98. The lowest BCUT2D eigenvalue weighted by atomic mass is 10.3. The summed E-state index contributed by atoms with van der Waals surface area (Å²) < 4.78 is 13.2. The van der Waals surface area contributed by atoms with Gasteiger partial charge in [-0.05, 0) is 12.1 Å². The molecule has 0 bridgehead atoms. The molecule has 0 amide bonds. The number of fused-ring (bicyclic) bond motifs is 1. The van der Waals surface area contributed by atoms with Crippen molar-refractivity contribution in [3.05, 3.63) is 29.8 Å². The van der Waals surface area contributed by atoms with Gasteiger partial charge in [-0.3, -0.25) is 4.79 Å². The summed E-state index contributed by atoms with van der Waals surface area (Å²) in [7, 11) is 0. The molecule has 0 aliphatic carbocycles. The third-order valence-electron chi connectivity index (χ3n) is 2.09. The first-order valence-corrected chi connectivity index (χ1v) is 4.52. The molecule has 0 fully saturated rings. The van der Waals surface area contributed by atoms with Gasteiger partial charge in [0.2, 0.25) is 0 Å². The van der Waals surface area contributed by atoms with Crippen LogP contribution in [-0.4, -0.2) is 21.0 Å². The van der Waals surface area contributed by atoms with Crippen LogP contribution in [-0.2, 0) is 11.2 Å². The molecule has 0 unspecified atom stereocenters. The van der Waals surface area contributed by atoms with Crippen molar-refractivity contribution in [2.75, 3.05) is 0 Å². The number of aromatic amines is 1. The molecule has 4 nitrogen and oxygen atoms in total. The van der Waals surface area contributed by atoms with E-state index in [1.54, 1.807) is 12.1 Å². The Morgan fingerprint density at radius 3 is 3.00 bits per heavy atom. The number of hydrogen-bond acceptors (Lipinski definition) is 2. The highest BCUT2D eigenvalue weighted by Gasteiger charge is 2.07. The summed E-state index contributed by atoms with van der Waals surface area (Å²) >= 11 is 0. The van der Waals surface area contributed by atoms with E-state index in [0.717, 1.165) is 0 Å². The van der Waals surface area contributed by atoms with Crippen LogP contribution in [0.25, 0.3) is 11.0 Å². The maximum absolute atomic E-state index is 13.2. The number of imidazole rings is 1. The molecule has 78 valence electrons. The van der Waals surface area contributed by atoms with E-state index in [0.29, 0.717) is 11.3 Å². The van der Waals surface area contributed by atoms with Gasteiger partial charge in [-0.25, -0.2) is 9.37 Å². The molecule has 2 N–H and O–H groups in total. The minimum atomic E-state index is -0.893. The molecule has 0 aliphatic heterocycles. The molecule has 0 radical (unpaired) electrons. The third-order valence-corrected chi connectivity index (χ3v) is 2.09. The van der Waals surface area contributed by atoms with Gasteiger partial charge < -0.3 is 10.1 Å². The van der Waals surface area contributed by atoms with Crippen LogP contribution in [0.3, 0.4) is 0 Å². The number of carboxylic acids is 1. The Labute approximate surface area is 84.8 Å². The Hall–Kier alpha value is -1.91. The van der Waals surface area contributed by atoms with Crippen LogP contribution >= 0.6 is 0 Å². The van der Waals surface area contributed by atoms with Gasteiger partial charge in [0.1, 0.15) is 11.3 Å². The highest BCUT2D eigenvalue weighted by Crippen LogP contribution is 2.15. The van der Waals surface area contributed by atoms with Crippen LogP contribution < -0.4 is 0 Å². The molecule has 15 heavy (non-hydrogen) atoms. The normalized spacial score (nSPS) is 10.7. The lowest BCUT2D eigenvalue weighted by molar-refractivity contribution is -0.137. The molecule has 2 rings (SSSR count). The predicted octanol–water partition coefficient (Wildman–Crippen LogP) is 1.72. The van der Waals surface area contributed by atoms with E-state index >= 15 is 0 Å². The first-order valence-electron chi connectivity index (χ1n) is 4.52. The number of hydrogen-bond donors (Lipinski definition) is 2. The number of aliphatic carboxylic acids is 1. The van der Waals surface area contributed by atoms with Crippen molar-refractivity contribution < 1.29 is 14.3 Å². The van der Waals surface area contributed by atoms with E-state index in [2.05, 4.69) is 9.97 Å². The number of halogens is 1. The van der Waals surface area contributed by atoms with Gasteiger partial charge in [-0.2, -0.15) is 0 Å². The highest BCUT2D eigenvalue weighted by molar-refractivity contribution is 5.75. The smallest absolute Gasteiger partial charge is 0.303 e. The Balaban J connectivity index is 2.31. The van der Waals surface area contributed by atoms with Gasteiger partial charge in [0.05, 0.1) is 11.9 Å². The summed E-state index contributed by atoms with van der Waals surface area (Å²) in [6.07, 6.45) is 0.269. The van der Waals surface area contributed by atoms with E-state index in [1.807, 2.05) is 0 Å². The fourth-order valence-corrected chi connectivity index (χ4v) is 1.39. The summed E-state index contributed by atoms with van der Waals surface area (Å²) in [5.41, 5.74) is 0.855. The number of aromatic nitrogens is 2. The van der Waals surface area contributed by atoms with Crippen LogP contribution in [0.2, 0.25) is 0 Å². The number of carboxylic acid groups (broad SMARTS) is 1. The zero-order valence-electron chi connectivity index (χ0n) is 7.83. The van der Waals surface area contributed by atoms with Crippen molar-refractivity contribution in [3.8, 4) is 0 Å². The predicted molar refractivity (Wildman–Crippen MR) is 52.0 cm³/mol. The maximum atomic E-state index is 13.2. The molecule has 2 aromatic rings. The van der Waals surface area contributed by atoms with Gasteiger partial charge in [-0.1, -0.05) is 6.07 Å². The SMILES string of the molecule is O=C(O)CCc1nc2c(F)cccc2[nH]1. The molecule has 0 saturated carbocycles. The summed E-state index contributed by atoms with van der Waals surface area (Å²) in [5, 5.41) is 8.49. The summed E-state index contributed by atoms with van der Waals surface area (Å²) in [4.78, 5) is 17.2. The topological polar surface area (TPSA) is 66.0 Å². The number of benzene rings is 1. The van der Waals surface area contributed by atoms with Crippen molar-refractivity contribution >= 4 is 17.0 Å². The molecule has 1 aromatic carbocycles. The second-order valence-electron chi connectivity index (χ2n) is 3.21. The molecule has 1 aromatic heterocycles. The number of rotatable bonds is 3. The maximum Gasteiger partial charge on any atom is 0.303 e. The van der Waals surface area contributed by atoms with E-state index in [4.69, 9.17) is 5.11 Å². The molecule has 0 saturated heterocycles. The third kappa shape index (κ3) is 1.96. The average Bonchev–Trinajstić information content (AvgIpc) is 2.59. The van der Waals surface area contributed by atoms with Crippen LogP contribution in [0.15, 0.2) is 18.2 Å². The zero-order chi connectivity index (χ0) is 10.8. The van der Waals surface area contributed by atoms with E-state index in [-0.39, 0.29) is 18.4 Å². The number of nitrogens with zero attached hydrogens (tertiary/aromatic N) is 1. The molecule has 0 atom stereocenters. The second kappa shape index (κ2) is 3.68. The van der Waals surface area contributed by atoms with Crippen LogP contribution in [0.5, 0.6) is 0 Å². The zero-order valence-corrected chi connectivity index (χ0v) is 7.83. The largest absolute Gasteiger partial charge is 0.481 e. The van der Waals surface area contributed by atoms with Crippen LogP contribution in [0.4, 0.5) is 4.39 Å². The molecular formula is C10H9FN2O2. The lowest BCUT2D eigenvalue weighted by Gasteiger charge is -1.89. The van der Waals surface area contributed by atoms with E-state index in [9.17, 15) is 9.18 Å². The fourth-order valence-electron chi connectivity index (χ4n) is 1.39. The Morgan fingerprint density at radius 1 is 1.53 bits per heavy atom. The van der Waals surface area contributed by atoms with Gasteiger partial charge >= 0.3 is 5.97 Å².